The smallest absolute Gasteiger partial charge is 0.140 e. The molecule has 94 valence electrons. The number of hydrogen-bond donors (Lipinski definition) is 1. The number of hydrogen-bond acceptors (Lipinski definition) is 3. The summed E-state index contributed by atoms with van der Waals surface area (Å²) in [7, 11) is 0. The number of halogens is 1. The first-order chi connectivity index (χ1) is 9.25. The fourth-order valence-electron chi connectivity index (χ4n) is 1.90. The van der Waals surface area contributed by atoms with E-state index in [1.165, 1.54) is 0 Å². The van der Waals surface area contributed by atoms with Gasteiger partial charge in [-0.2, -0.15) is 0 Å². The number of rotatable bonds is 2. The molecule has 2 aromatic carbocycles. The predicted octanol–water partition coefficient (Wildman–Crippen LogP) is 4.21. The molecule has 0 aliphatic heterocycles. The van der Waals surface area contributed by atoms with Crippen molar-refractivity contribution in [1.82, 2.24) is 4.98 Å². The molecule has 4 heteroatoms. The molecule has 0 unspecified atom stereocenters. The predicted molar refractivity (Wildman–Crippen MR) is 85.4 cm³/mol. The second-order valence-electron chi connectivity index (χ2n) is 4.08. The number of nitrogen functional groups attached to an aromatic ring is 1. The number of nitrogens with zero attached hydrogens (tertiary/aromatic N) is 1. The number of fused-ring (bicyclic) bond motifs is 1. The van der Waals surface area contributed by atoms with Gasteiger partial charge < -0.3 is 10.5 Å². The molecule has 0 aliphatic carbocycles. The zero-order valence-corrected chi connectivity index (χ0v) is 12.2. The number of ether oxygens (including phenoxy) is 1. The molecule has 0 amide bonds. The van der Waals surface area contributed by atoms with Gasteiger partial charge in [-0.25, -0.2) is 0 Å². The van der Waals surface area contributed by atoms with E-state index < -0.39 is 0 Å². The summed E-state index contributed by atoms with van der Waals surface area (Å²) >= 11 is 2.25. The van der Waals surface area contributed by atoms with Crippen LogP contribution in [0.25, 0.3) is 10.9 Å². The highest BCUT2D eigenvalue weighted by Gasteiger charge is 2.08. The molecule has 0 saturated carbocycles. The van der Waals surface area contributed by atoms with Crippen LogP contribution in [-0.2, 0) is 0 Å². The largest absolute Gasteiger partial charge is 0.456 e. The van der Waals surface area contributed by atoms with Crippen LogP contribution >= 0.6 is 22.6 Å². The van der Waals surface area contributed by atoms with Gasteiger partial charge in [-0.1, -0.05) is 12.1 Å². The lowest BCUT2D eigenvalue weighted by Gasteiger charge is -2.11. The summed E-state index contributed by atoms with van der Waals surface area (Å²) in [6.45, 7) is 0. The van der Waals surface area contributed by atoms with Crippen molar-refractivity contribution in [3.63, 3.8) is 0 Å². The van der Waals surface area contributed by atoms with E-state index in [1.807, 2.05) is 48.5 Å². The Bertz CT molecular complexity index is 743. The zero-order chi connectivity index (χ0) is 13.2. The van der Waals surface area contributed by atoms with Crippen molar-refractivity contribution in [2.75, 3.05) is 5.73 Å². The van der Waals surface area contributed by atoms with E-state index >= 15 is 0 Å². The first-order valence-corrected chi connectivity index (χ1v) is 6.89. The minimum atomic E-state index is 0.658. The Kier molecular flexibility index (Phi) is 3.25. The molecule has 0 saturated heterocycles. The van der Waals surface area contributed by atoms with Crippen LogP contribution in [0.2, 0.25) is 0 Å². The molecule has 0 spiro atoms. The Labute approximate surface area is 124 Å². The van der Waals surface area contributed by atoms with Crippen molar-refractivity contribution in [2.24, 2.45) is 0 Å². The van der Waals surface area contributed by atoms with Gasteiger partial charge in [0.2, 0.25) is 0 Å². The number of benzene rings is 2. The Hall–Kier alpha value is -1.82. The van der Waals surface area contributed by atoms with Gasteiger partial charge in [-0.15, -0.1) is 0 Å². The number of para-hydroxylation sites is 1. The molecule has 0 radical (unpaired) electrons. The molecule has 0 aliphatic rings. The second-order valence-corrected chi connectivity index (χ2v) is 5.25. The molecule has 3 nitrogen and oxygen atoms in total. The van der Waals surface area contributed by atoms with Crippen LogP contribution in [0.4, 0.5) is 5.69 Å². The maximum Gasteiger partial charge on any atom is 0.140 e. The van der Waals surface area contributed by atoms with Gasteiger partial charge in [0.25, 0.3) is 0 Å². The van der Waals surface area contributed by atoms with E-state index in [2.05, 4.69) is 27.6 Å². The van der Waals surface area contributed by atoms with Crippen LogP contribution in [0.1, 0.15) is 0 Å². The van der Waals surface area contributed by atoms with Crippen molar-refractivity contribution in [1.29, 1.82) is 0 Å². The van der Waals surface area contributed by atoms with Crippen molar-refractivity contribution < 1.29 is 4.74 Å². The summed E-state index contributed by atoms with van der Waals surface area (Å²) in [4.78, 5) is 4.30. The first kappa shape index (κ1) is 12.2. The summed E-state index contributed by atoms with van der Waals surface area (Å²) < 4.78 is 7.04. The van der Waals surface area contributed by atoms with Crippen LogP contribution < -0.4 is 10.5 Å². The summed E-state index contributed by atoms with van der Waals surface area (Å²) in [5, 5.41) is 0.919. The van der Waals surface area contributed by atoms with Crippen LogP contribution in [0, 0.1) is 3.57 Å². The Morgan fingerprint density at radius 2 is 1.79 bits per heavy atom. The van der Waals surface area contributed by atoms with E-state index in [-0.39, 0.29) is 0 Å². The van der Waals surface area contributed by atoms with Crippen LogP contribution in [0.15, 0.2) is 54.7 Å². The first-order valence-electron chi connectivity index (χ1n) is 5.81. The van der Waals surface area contributed by atoms with E-state index in [9.17, 15) is 0 Å². The highest BCUT2D eigenvalue weighted by Crippen LogP contribution is 2.33. The van der Waals surface area contributed by atoms with E-state index in [1.54, 1.807) is 6.20 Å². The average molecular weight is 362 g/mol. The van der Waals surface area contributed by atoms with Gasteiger partial charge in [-0.05, 0) is 59.0 Å². The number of nitrogens with two attached hydrogens (primary N) is 1. The number of anilines is 1. The normalized spacial score (nSPS) is 10.6. The molecule has 0 atom stereocenters. The maximum atomic E-state index is 5.97. The Balaban J connectivity index is 2.12. The third-order valence-electron chi connectivity index (χ3n) is 2.82. The fraction of sp³-hybridized carbons (Fsp3) is 0. The lowest BCUT2D eigenvalue weighted by atomic mass is 10.1. The highest BCUT2D eigenvalue weighted by molar-refractivity contribution is 14.1. The lowest BCUT2D eigenvalue weighted by Crippen LogP contribution is -1.93. The fourth-order valence-corrected chi connectivity index (χ4v) is 2.40. The summed E-state index contributed by atoms with van der Waals surface area (Å²) in [6, 6.07) is 15.4. The van der Waals surface area contributed by atoms with Crippen molar-refractivity contribution in [3.05, 3.63) is 58.3 Å². The Morgan fingerprint density at radius 1 is 0.947 bits per heavy atom. The number of aromatic nitrogens is 1. The van der Waals surface area contributed by atoms with Crippen LogP contribution in [0.3, 0.4) is 0 Å². The van der Waals surface area contributed by atoms with Crippen LogP contribution in [-0.4, -0.2) is 4.98 Å². The minimum Gasteiger partial charge on any atom is -0.456 e. The van der Waals surface area contributed by atoms with Crippen molar-refractivity contribution in [3.8, 4) is 11.5 Å². The van der Waals surface area contributed by atoms with E-state index in [4.69, 9.17) is 10.5 Å². The zero-order valence-electron chi connectivity index (χ0n) is 10.0. The standard InChI is InChI=1S/C15H11IN2O/c16-11-5-1-2-6-14(11)19-13-8-7-12(17)15-10(13)4-3-9-18-15/h1-9H,17H2. The molecule has 1 aromatic heterocycles. The van der Waals surface area contributed by atoms with Gasteiger partial charge >= 0.3 is 0 Å². The molecule has 19 heavy (non-hydrogen) atoms. The third-order valence-corrected chi connectivity index (χ3v) is 3.71. The molecular weight excluding hydrogens is 351 g/mol. The summed E-state index contributed by atoms with van der Waals surface area (Å²) in [6.07, 6.45) is 1.73. The number of pyridine rings is 1. The molecule has 2 N–H and O–H groups in total. The van der Waals surface area contributed by atoms with Crippen molar-refractivity contribution >= 4 is 39.2 Å². The molecule has 3 rings (SSSR count). The lowest BCUT2D eigenvalue weighted by molar-refractivity contribution is 0.485. The van der Waals surface area contributed by atoms with Gasteiger partial charge in [0.1, 0.15) is 11.5 Å². The summed E-state index contributed by atoms with van der Waals surface area (Å²) in [5.74, 6) is 1.60. The summed E-state index contributed by atoms with van der Waals surface area (Å²) in [5.41, 5.74) is 7.36. The minimum absolute atomic E-state index is 0.658. The van der Waals surface area contributed by atoms with Gasteiger partial charge in [-0.3, -0.25) is 4.98 Å². The molecule has 3 aromatic rings. The monoisotopic (exact) mass is 362 g/mol. The van der Waals surface area contributed by atoms with E-state index in [0.29, 0.717) is 5.69 Å². The van der Waals surface area contributed by atoms with Gasteiger partial charge in [0, 0.05) is 11.6 Å². The molecular formula is C15H11IN2O. The molecule has 0 bridgehead atoms. The highest BCUT2D eigenvalue weighted by atomic mass is 127. The van der Waals surface area contributed by atoms with E-state index in [0.717, 1.165) is 26.0 Å². The van der Waals surface area contributed by atoms with Gasteiger partial charge in [0.15, 0.2) is 0 Å². The SMILES string of the molecule is Nc1ccc(Oc2ccccc2I)c2cccnc12. The Morgan fingerprint density at radius 3 is 2.63 bits per heavy atom. The van der Waals surface area contributed by atoms with Crippen LogP contribution in [0.5, 0.6) is 11.5 Å². The third kappa shape index (κ3) is 2.35. The average Bonchev–Trinajstić information content (AvgIpc) is 2.44. The maximum absolute atomic E-state index is 5.97. The molecule has 1 heterocycles. The van der Waals surface area contributed by atoms with Gasteiger partial charge in [0.05, 0.1) is 14.8 Å². The second kappa shape index (κ2) is 5.05. The topological polar surface area (TPSA) is 48.1 Å². The quantitative estimate of drug-likeness (QED) is 0.549. The van der Waals surface area contributed by atoms with Crippen molar-refractivity contribution in [2.45, 2.75) is 0 Å². The molecule has 0 fully saturated rings.